The van der Waals surface area contributed by atoms with Crippen LogP contribution in [0, 0.1) is 0 Å². The SMILES string of the molecule is Cn1nc(C(=O)NC[C@H](c2cccs2)[NH+](C)C)c2ccccc2c1=O. The first-order chi connectivity index (χ1) is 12.0. The van der Waals surface area contributed by atoms with Crippen molar-refractivity contribution in [2.45, 2.75) is 6.04 Å². The van der Waals surface area contributed by atoms with Crippen molar-refractivity contribution in [3.63, 3.8) is 0 Å². The first kappa shape index (κ1) is 17.3. The number of nitrogens with one attached hydrogen (secondary N) is 2. The Morgan fingerprint density at radius 2 is 1.96 bits per heavy atom. The van der Waals surface area contributed by atoms with Crippen molar-refractivity contribution in [1.29, 1.82) is 0 Å². The summed E-state index contributed by atoms with van der Waals surface area (Å²) in [5.74, 6) is -0.269. The fraction of sp³-hybridized carbons (Fsp3) is 0.278. The number of aromatic nitrogens is 2. The maximum absolute atomic E-state index is 12.7. The first-order valence-corrected chi connectivity index (χ1v) is 8.94. The molecule has 6 nitrogen and oxygen atoms in total. The smallest absolute Gasteiger partial charge is 0.274 e. The largest absolute Gasteiger partial charge is 0.344 e. The lowest BCUT2D eigenvalue weighted by molar-refractivity contribution is -0.890. The summed E-state index contributed by atoms with van der Waals surface area (Å²) in [6.45, 7) is 0.501. The summed E-state index contributed by atoms with van der Waals surface area (Å²) >= 11 is 1.68. The summed E-state index contributed by atoms with van der Waals surface area (Å²) in [5.41, 5.74) is 0.0673. The van der Waals surface area contributed by atoms with Crippen LogP contribution in [0.25, 0.3) is 10.8 Å². The highest BCUT2D eigenvalue weighted by atomic mass is 32.1. The van der Waals surface area contributed by atoms with Crippen LogP contribution in [0.4, 0.5) is 0 Å². The van der Waals surface area contributed by atoms with Crippen LogP contribution in [0.2, 0.25) is 0 Å². The number of carbonyl (C=O) groups excluding carboxylic acids is 1. The van der Waals surface area contributed by atoms with Gasteiger partial charge in [-0.1, -0.05) is 24.3 Å². The average molecular weight is 357 g/mol. The molecule has 2 heterocycles. The van der Waals surface area contributed by atoms with Crippen LogP contribution >= 0.6 is 11.3 Å². The van der Waals surface area contributed by atoms with Crippen molar-refractivity contribution in [2.75, 3.05) is 20.6 Å². The second kappa shape index (κ2) is 7.16. The molecule has 0 radical (unpaired) electrons. The minimum Gasteiger partial charge on any atom is -0.344 e. The Morgan fingerprint density at radius 1 is 1.24 bits per heavy atom. The molecule has 130 valence electrons. The van der Waals surface area contributed by atoms with Gasteiger partial charge in [0.1, 0.15) is 6.04 Å². The second-order valence-electron chi connectivity index (χ2n) is 6.18. The number of benzene rings is 1. The molecule has 0 aliphatic heterocycles. The lowest BCUT2D eigenvalue weighted by Gasteiger charge is -2.20. The van der Waals surface area contributed by atoms with E-state index in [9.17, 15) is 9.59 Å². The lowest BCUT2D eigenvalue weighted by atomic mass is 10.1. The third-order valence-electron chi connectivity index (χ3n) is 4.22. The van der Waals surface area contributed by atoms with Crippen molar-refractivity contribution in [3.05, 3.63) is 62.7 Å². The zero-order valence-electron chi connectivity index (χ0n) is 14.4. The Labute approximate surface area is 149 Å². The van der Waals surface area contributed by atoms with Gasteiger partial charge < -0.3 is 10.2 Å². The normalized spacial score (nSPS) is 12.5. The molecule has 0 saturated carbocycles. The molecular weight excluding hydrogens is 336 g/mol. The Balaban J connectivity index is 1.88. The summed E-state index contributed by atoms with van der Waals surface area (Å²) in [5, 5.41) is 10.3. The molecular formula is C18H21N4O2S+. The fourth-order valence-electron chi connectivity index (χ4n) is 2.82. The van der Waals surface area contributed by atoms with Crippen LogP contribution in [-0.2, 0) is 7.05 Å². The Morgan fingerprint density at radius 3 is 2.60 bits per heavy atom. The van der Waals surface area contributed by atoms with Gasteiger partial charge in [0.2, 0.25) is 0 Å². The topological polar surface area (TPSA) is 68.4 Å². The van der Waals surface area contributed by atoms with E-state index in [0.717, 1.165) is 0 Å². The molecule has 1 atom stereocenters. The maximum Gasteiger partial charge on any atom is 0.274 e. The number of thiophene rings is 1. The number of carbonyl (C=O) groups is 1. The molecule has 7 heteroatoms. The summed E-state index contributed by atoms with van der Waals surface area (Å²) in [6.07, 6.45) is 0. The van der Waals surface area contributed by atoms with E-state index < -0.39 is 0 Å². The Hall–Kier alpha value is -2.51. The molecule has 0 aliphatic rings. The highest BCUT2D eigenvalue weighted by Crippen LogP contribution is 2.16. The summed E-state index contributed by atoms with van der Waals surface area (Å²) in [7, 11) is 5.69. The fourth-order valence-corrected chi connectivity index (χ4v) is 3.78. The number of nitrogens with zero attached hydrogens (tertiary/aromatic N) is 2. The molecule has 2 aromatic heterocycles. The second-order valence-corrected chi connectivity index (χ2v) is 7.16. The molecule has 0 aliphatic carbocycles. The highest BCUT2D eigenvalue weighted by molar-refractivity contribution is 7.10. The van der Waals surface area contributed by atoms with E-state index in [2.05, 4.69) is 30.6 Å². The third kappa shape index (κ3) is 3.47. The van der Waals surface area contributed by atoms with E-state index in [0.29, 0.717) is 17.3 Å². The van der Waals surface area contributed by atoms with Crippen LogP contribution in [0.1, 0.15) is 21.4 Å². The van der Waals surface area contributed by atoms with Gasteiger partial charge in [0.15, 0.2) is 5.69 Å². The molecule has 1 aromatic carbocycles. The minimum absolute atomic E-state index is 0.169. The van der Waals surface area contributed by atoms with Crippen LogP contribution in [-0.4, -0.2) is 36.3 Å². The number of fused-ring (bicyclic) bond motifs is 1. The average Bonchev–Trinajstić information content (AvgIpc) is 3.12. The molecule has 0 fully saturated rings. The maximum atomic E-state index is 12.7. The summed E-state index contributed by atoms with van der Waals surface area (Å²) < 4.78 is 1.21. The van der Waals surface area contributed by atoms with Crippen molar-refractivity contribution in [1.82, 2.24) is 15.1 Å². The molecule has 0 saturated heterocycles. The number of rotatable bonds is 5. The predicted molar refractivity (Wildman–Crippen MR) is 99.2 cm³/mol. The van der Waals surface area contributed by atoms with Crippen molar-refractivity contribution < 1.29 is 9.69 Å². The monoisotopic (exact) mass is 357 g/mol. The molecule has 0 unspecified atom stereocenters. The Kier molecular flexibility index (Phi) is 4.96. The molecule has 0 bridgehead atoms. The van der Waals surface area contributed by atoms with Crippen LogP contribution < -0.4 is 15.8 Å². The van der Waals surface area contributed by atoms with Gasteiger partial charge in [-0.05, 0) is 17.5 Å². The van der Waals surface area contributed by atoms with E-state index >= 15 is 0 Å². The minimum atomic E-state index is -0.269. The molecule has 25 heavy (non-hydrogen) atoms. The number of aryl methyl sites for hydroxylation is 1. The number of hydrogen-bond acceptors (Lipinski definition) is 4. The van der Waals surface area contributed by atoms with Gasteiger partial charge in [0.25, 0.3) is 11.5 Å². The van der Waals surface area contributed by atoms with Gasteiger partial charge in [0.05, 0.1) is 30.9 Å². The van der Waals surface area contributed by atoms with E-state index in [4.69, 9.17) is 0 Å². The van der Waals surface area contributed by atoms with Gasteiger partial charge in [-0.25, -0.2) is 4.68 Å². The van der Waals surface area contributed by atoms with Crippen LogP contribution in [0.5, 0.6) is 0 Å². The molecule has 1 amide bonds. The Bertz CT molecular complexity index is 947. The summed E-state index contributed by atoms with van der Waals surface area (Å²) in [4.78, 5) is 27.4. The van der Waals surface area contributed by atoms with Crippen molar-refractivity contribution in [3.8, 4) is 0 Å². The number of amides is 1. The van der Waals surface area contributed by atoms with Crippen molar-refractivity contribution >= 4 is 28.0 Å². The third-order valence-corrected chi connectivity index (χ3v) is 5.21. The van der Waals surface area contributed by atoms with Gasteiger partial charge in [0, 0.05) is 12.4 Å². The zero-order valence-corrected chi connectivity index (χ0v) is 15.3. The van der Waals surface area contributed by atoms with E-state index in [1.165, 1.54) is 14.5 Å². The van der Waals surface area contributed by atoms with Gasteiger partial charge in [-0.3, -0.25) is 9.59 Å². The molecule has 3 aromatic rings. The zero-order chi connectivity index (χ0) is 18.0. The van der Waals surface area contributed by atoms with Gasteiger partial charge >= 0.3 is 0 Å². The first-order valence-electron chi connectivity index (χ1n) is 8.06. The quantitative estimate of drug-likeness (QED) is 0.703. The lowest BCUT2D eigenvalue weighted by Crippen LogP contribution is -3.06. The van der Waals surface area contributed by atoms with Crippen LogP contribution in [0.15, 0.2) is 46.6 Å². The van der Waals surface area contributed by atoms with E-state index in [-0.39, 0.29) is 23.2 Å². The highest BCUT2D eigenvalue weighted by Gasteiger charge is 2.22. The number of hydrogen-bond donors (Lipinski definition) is 2. The molecule has 2 N–H and O–H groups in total. The van der Waals surface area contributed by atoms with E-state index in [1.807, 2.05) is 11.4 Å². The molecule has 0 spiro atoms. The number of likely N-dealkylation sites (N-methyl/N-ethyl adjacent to an activating group) is 1. The van der Waals surface area contributed by atoms with Crippen LogP contribution in [0.3, 0.4) is 0 Å². The standard InChI is InChI=1S/C18H20N4O2S/c1-21(2)14(15-9-6-10-25-15)11-19-17(23)16-12-7-4-5-8-13(12)18(24)22(3)20-16/h4-10,14H,11H2,1-3H3,(H,19,23)/p+1/t14-/m1/s1. The summed E-state index contributed by atoms with van der Waals surface area (Å²) in [6, 6.07) is 11.3. The molecule has 3 rings (SSSR count). The predicted octanol–water partition coefficient (Wildman–Crippen LogP) is 0.611. The van der Waals surface area contributed by atoms with Gasteiger partial charge in [-0.2, -0.15) is 5.10 Å². The van der Waals surface area contributed by atoms with E-state index in [1.54, 1.807) is 42.6 Å². The number of quaternary nitrogens is 1. The van der Waals surface area contributed by atoms with Crippen molar-refractivity contribution in [2.24, 2.45) is 7.05 Å². The van der Waals surface area contributed by atoms with Gasteiger partial charge in [-0.15, -0.1) is 11.3 Å².